The standard InChI is InChI=1S/C5H3FO4/c1-3-7-5(8-3)9-4(2-6)10-5/h2H,1H2. The van der Waals surface area contributed by atoms with Crippen molar-refractivity contribution in [2.75, 3.05) is 0 Å². The molecule has 5 heteroatoms. The van der Waals surface area contributed by atoms with Gasteiger partial charge in [0, 0.05) is 0 Å². The fourth-order valence-corrected chi connectivity index (χ4v) is 0.668. The Bertz CT molecular complexity index is 204. The highest BCUT2D eigenvalue weighted by molar-refractivity contribution is 4.92. The molecule has 2 heterocycles. The molecule has 0 saturated carbocycles. The lowest BCUT2D eigenvalue weighted by molar-refractivity contribution is -0.610. The molecule has 54 valence electrons. The zero-order valence-corrected chi connectivity index (χ0v) is 4.80. The maximum Gasteiger partial charge on any atom is 0.620 e. The Labute approximate surface area is 55.4 Å². The minimum absolute atomic E-state index is 0.0953. The molecule has 0 radical (unpaired) electrons. The van der Waals surface area contributed by atoms with Crippen LogP contribution in [0.3, 0.4) is 0 Å². The van der Waals surface area contributed by atoms with Gasteiger partial charge in [0.15, 0.2) is 6.33 Å². The first kappa shape index (κ1) is 5.40. The molecular weight excluding hydrogens is 143 g/mol. The van der Waals surface area contributed by atoms with Crippen molar-refractivity contribution in [1.82, 2.24) is 0 Å². The number of ether oxygens (including phenoxy) is 4. The third-order valence-electron chi connectivity index (χ3n) is 1.02. The summed E-state index contributed by atoms with van der Waals surface area (Å²) >= 11 is 0. The topological polar surface area (TPSA) is 36.9 Å². The summed E-state index contributed by atoms with van der Waals surface area (Å²) in [4.78, 5) is 0. The summed E-state index contributed by atoms with van der Waals surface area (Å²) in [6.45, 7) is 3.27. The summed E-state index contributed by atoms with van der Waals surface area (Å²) in [6.07, 6.45) is -1.35. The molecule has 0 N–H and O–H groups in total. The highest BCUT2D eigenvalue weighted by Gasteiger charge is 2.62. The first-order valence-corrected chi connectivity index (χ1v) is 2.49. The fraction of sp³-hybridized carbons (Fsp3) is 0.200. The predicted octanol–water partition coefficient (Wildman–Crippen LogP) is 0.931. The van der Waals surface area contributed by atoms with Gasteiger partial charge in [-0.05, 0) is 6.58 Å². The van der Waals surface area contributed by atoms with Crippen LogP contribution in [0.2, 0.25) is 0 Å². The van der Waals surface area contributed by atoms with E-state index in [4.69, 9.17) is 0 Å². The lowest BCUT2D eigenvalue weighted by atomic mass is 10.7. The molecule has 1 spiro atoms. The average Bonchev–Trinajstić information content (AvgIpc) is 1.74. The summed E-state index contributed by atoms with van der Waals surface area (Å²) in [7, 11) is 0. The summed E-state index contributed by atoms with van der Waals surface area (Å²) in [5.41, 5.74) is 0. The van der Waals surface area contributed by atoms with Gasteiger partial charge in [0.05, 0.1) is 0 Å². The SMILES string of the molecule is C=C1OC2(O1)OC(=CF)O2. The Hall–Kier alpha value is -1.39. The Balaban J connectivity index is 1.96. The van der Waals surface area contributed by atoms with Crippen molar-refractivity contribution < 1.29 is 23.3 Å². The smallest absolute Gasteiger partial charge is 0.353 e. The van der Waals surface area contributed by atoms with Crippen molar-refractivity contribution in [3.05, 3.63) is 24.8 Å². The molecule has 0 atom stereocenters. The molecule has 0 aromatic heterocycles. The Morgan fingerprint density at radius 1 is 1.30 bits per heavy atom. The second-order valence-corrected chi connectivity index (χ2v) is 1.71. The Morgan fingerprint density at radius 3 is 2.30 bits per heavy atom. The van der Waals surface area contributed by atoms with E-state index in [1.54, 1.807) is 0 Å². The van der Waals surface area contributed by atoms with Gasteiger partial charge in [-0.3, -0.25) is 0 Å². The molecule has 10 heavy (non-hydrogen) atoms. The van der Waals surface area contributed by atoms with Crippen LogP contribution >= 0.6 is 0 Å². The number of rotatable bonds is 0. The van der Waals surface area contributed by atoms with Crippen LogP contribution in [0.15, 0.2) is 24.8 Å². The van der Waals surface area contributed by atoms with Crippen LogP contribution in [0.1, 0.15) is 0 Å². The quantitative estimate of drug-likeness (QED) is 0.509. The van der Waals surface area contributed by atoms with E-state index < -0.39 is 6.16 Å². The van der Waals surface area contributed by atoms with E-state index in [0.29, 0.717) is 0 Å². The second kappa shape index (κ2) is 1.36. The minimum atomic E-state index is -1.52. The largest absolute Gasteiger partial charge is 0.620 e. The highest BCUT2D eigenvalue weighted by Crippen LogP contribution is 2.44. The van der Waals surface area contributed by atoms with Crippen LogP contribution in [-0.2, 0) is 18.9 Å². The van der Waals surface area contributed by atoms with E-state index in [1.165, 1.54) is 0 Å². The molecule has 0 aromatic carbocycles. The van der Waals surface area contributed by atoms with Crippen molar-refractivity contribution in [3.63, 3.8) is 0 Å². The molecule has 2 rings (SSSR count). The van der Waals surface area contributed by atoms with Gasteiger partial charge in [-0.15, -0.1) is 0 Å². The monoisotopic (exact) mass is 146 g/mol. The lowest BCUT2D eigenvalue weighted by Gasteiger charge is -2.44. The molecule has 2 aliphatic heterocycles. The van der Waals surface area contributed by atoms with Gasteiger partial charge in [0.2, 0.25) is 0 Å². The molecule has 0 bridgehead atoms. The third-order valence-corrected chi connectivity index (χ3v) is 1.02. The van der Waals surface area contributed by atoms with Gasteiger partial charge in [0.25, 0.3) is 5.95 Å². The van der Waals surface area contributed by atoms with Crippen molar-refractivity contribution in [1.29, 1.82) is 0 Å². The number of hydrogen-bond donors (Lipinski definition) is 0. The van der Waals surface area contributed by atoms with Crippen molar-refractivity contribution in [3.8, 4) is 0 Å². The van der Waals surface area contributed by atoms with E-state index in [-0.39, 0.29) is 18.2 Å². The molecule has 0 aliphatic carbocycles. The fourth-order valence-electron chi connectivity index (χ4n) is 0.668. The van der Waals surface area contributed by atoms with E-state index >= 15 is 0 Å². The van der Waals surface area contributed by atoms with Crippen LogP contribution in [0, 0.1) is 0 Å². The molecular formula is C5H3FO4. The third kappa shape index (κ3) is 0.490. The first-order valence-electron chi connectivity index (χ1n) is 2.49. The summed E-state index contributed by atoms with van der Waals surface area (Å²) in [6, 6.07) is 0. The predicted molar refractivity (Wildman–Crippen MR) is 25.4 cm³/mol. The average molecular weight is 146 g/mol. The van der Waals surface area contributed by atoms with Crippen LogP contribution in [0.4, 0.5) is 4.39 Å². The van der Waals surface area contributed by atoms with Crippen LogP contribution in [-0.4, -0.2) is 6.16 Å². The Morgan fingerprint density at radius 2 is 1.90 bits per heavy atom. The molecule has 0 unspecified atom stereocenters. The van der Waals surface area contributed by atoms with Crippen LogP contribution in [0.5, 0.6) is 0 Å². The normalized spacial score (nSPS) is 24.5. The van der Waals surface area contributed by atoms with Gasteiger partial charge in [-0.1, -0.05) is 0 Å². The second-order valence-electron chi connectivity index (χ2n) is 1.71. The lowest BCUT2D eigenvalue weighted by Crippen LogP contribution is -2.56. The van der Waals surface area contributed by atoms with Crippen molar-refractivity contribution in [2.24, 2.45) is 0 Å². The van der Waals surface area contributed by atoms with E-state index in [9.17, 15) is 4.39 Å². The van der Waals surface area contributed by atoms with Crippen LogP contribution in [0.25, 0.3) is 0 Å². The van der Waals surface area contributed by atoms with Gasteiger partial charge in [-0.2, -0.15) is 0 Å². The van der Waals surface area contributed by atoms with Crippen molar-refractivity contribution in [2.45, 2.75) is 6.16 Å². The van der Waals surface area contributed by atoms with Gasteiger partial charge < -0.3 is 18.9 Å². The van der Waals surface area contributed by atoms with Crippen molar-refractivity contribution >= 4 is 0 Å². The highest BCUT2D eigenvalue weighted by atomic mass is 19.1. The summed E-state index contributed by atoms with van der Waals surface area (Å²) in [5, 5.41) is 0. The first-order chi connectivity index (χ1) is 4.74. The molecule has 0 aromatic rings. The van der Waals surface area contributed by atoms with Gasteiger partial charge in [0.1, 0.15) is 0 Å². The molecule has 0 amide bonds. The molecule has 2 fully saturated rings. The zero-order chi connectivity index (χ0) is 7.19. The zero-order valence-electron chi connectivity index (χ0n) is 4.80. The maximum absolute atomic E-state index is 11.5. The van der Waals surface area contributed by atoms with Gasteiger partial charge >= 0.3 is 12.1 Å². The van der Waals surface area contributed by atoms with E-state index in [0.717, 1.165) is 0 Å². The molecule has 4 nitrogen and oxygen atoms in total. The minimum Gasteiger partial charge on any atom is -0.353 e. The molecule has 2 aliphatic rings. The Kier molecular flexibility index (Phi) is 0.737. The summed E-state index contributed by atoms with van der Waals surface area (Å²) in [5.74, 6) is -0.162. The number of halogens is 1. The number of hydrogen-bond acceptors (Lipinski definition) is 4. The van der Waals surface area contributed by atoms with Gasteiger partial charge in [-0.25, -0.2) is 4.39 Å². The molecule has 2 saturated heterocycles. The van der Waals surface area contributed by atoms with E-state index in [1.807, 2.05) is 0 Å². The van der Waals surface area contributed by atoms with Crippen LogP contribution < -0.4 is 0 Å². The maximum atomic E-state index is 11.5. The summed E-state index contributed by atoms with van der Waals surface area (Å²) < 4.78 is 29.8. The van der Waals surface area contributed by atoms with E-state index in [2.05, 4.69) is 25.5 Å².